The van der Waals surface area contributed by atoms with Crippen LogP contribution in [-0.4, -0.2) is 11.6 Å². The predicted octanol–water partition coefficient (Wildman–Crippen LogP) is 7.99. The molecule has 4 heterocycles. The second kappa shape index (κ2) is 7.89. The number of benzene rings is 5. The highest BCUT2D eigenvalue weighted by Crippen LogP contribution is 2.35. The minimum absolute atomic E-state index is 0.868. The van der Waals surface area contributed by atoms with Crippen LogP contribution in [0.1, 0.15) is 16.7 Å². The lowest BCUT2D eigenvalue weighted by Gasteiger charge is -2.20. The molecule has 3 aliphatic heterocycles. The molecule has 1 aromatic heterocycles. The molecule has 0 aliphatic carbocycles. The predicted molar refractivity (Wildman–Crippen MR) is 148 cm³/mol. The van der Waals surface area contributed by atoms with E-state index in [2.05, 4.69) is 132 Å². The van der Waals surface area contributed by atoms with Gasteiger partial charge in [-0.3, -0.25) is 0 Å². The van der Waals surface area contributed by atoms with Gasteiger partial charge in [-0.2, -0.15) is 0 Å². The molecule has 0 amide bonds. The third-order valence-corrected chi connectivity index (χ3v) is 7.36. The van der Waals surface area contributed by atoms with E-state index in [0.717, 1.165) is 13.0 Å². The zero-order valence-corrected chi connectivity index (χ0v) is 19.8. The lowest BCUT2D eigenvalue weighted by molar-refractivity contribution is 0.924. The van der Waals surface area contributed by atoms with Crippen LogP contribution in [-0.2, 0) is 13.0 Å². The van der Waals surface area contributed by atoms with E-state index in [0.29, 0.717) is 0 Å². The molecule has 3 aliphatic rings. The van der Waals surface area contributed by atoms with Crippen LogP contribution in [0.25, 0.3) is 38.6 Å². The number of hydrogen-bond donors (Lipinski definition) is 0. The number of aromatic nitrogens is 1. The van der Waals surface area contributed by atoms with Gasteiger partial charge in [0.05, 0.1) is 11.0 Å². The fourth-order valence-corrected chi connectivity index (χ4v) is 5.62. The van der Waals surface area contributed by atoms with Crippen molar-refractivity contribution >= 4 is 27.5 Å². The van der Waals surface area contributed by atoms with Crippen LogP contribution in [0.5, 0.6) is 0 Å². The summed E-state index contributed by atoms with van der Waals surface area (Å²) in [6, 6.07) is 42.6. The largest absolute Gasteiger partial charge is 0.370 e. The first-order valence-electron chi connectivity index (χ1n) is 12.3. The van der Waals surface area contributed by atoms with Gasteiger partial charge in [-0.1, -0.05) is 72.8 Å². The Morgan fingerprint density at radius 1 is 0.571 bits per heavy atom. The van der Waals surface area contributed by atoms with Crippen LogP contribution in [0.15, 0.2) is 115 Å². The highest BCUT2D eigenvalue weighted by Gasteiger charge is 2.15. The molecule has 8 bridgehead atoms. The van der Waals surface area contributed by atoms with E-state index in [-0.39, 0.29) is 0 Å². The summed E-state index contributed by atoms with van der Waals surface area (Å²) < 4.78 is 2.42. The molecule has 5 aromatic carbocycles. The molecule has 6 aromatic rings. The van der Waals surface area contributed by atoms with Gasteiger partial charge in [0.2, 0.25) is 0 Å². The molecule has 35 heavy (non-hydrogen) atoms. The maximum Gasteiger partial charge on any atom is 0.0541 e. The number of anilines is 1. The molecular weight excluding hydrogens is 424 g/mol. The Kier molecular flexibility index (Phi) is 4.53. The molecular formula is C33H26N2. The molecule has 0 fully saturated rings. The molecule has 0 unspecified atom stereocenters. The average molecular weight is 451 g/mol. The molecule has 2 nitrogen and oxygen atoms in total. The van der Waals surface area contributed by atoms with Crippen molar-refractivity contribution in [2.45, 2.75) is 13.0 Å². The van der Waals surface area contributed by atoms with Crippen LogP contribution in [0, 0.1) is 0 Å². The first kappa shape index (κ1) is 20.1. The highest BCUT2D eigenvalue weighted by atomic mass is 15.1. The molecule has 0 radical (unpaired) electrons. The van der Waals surface area contributed by atoms with Gasteiger partial charge >= 0.3 is 0 Å². The van der Waals surface area contributed by atoms with Crippen molar-refractivity contribution in [2.75, 3.05) is 11.9 Å². The van der Waals surface area contributed by atoms with Gasteiger partial charge in [0.1, 0.15) is 0 Å². The van der Waals surface area contributed by atoms with E-state index in [1.807, 2.05) is 0 Å². The molecule has 0 spiro atoms. The Hall–Kier alpha value is -4.30. The van der Waals surface area contributed by atoms with Crippen molar-refractivity contribution in [1.82, 2.24) is 4.57 Å². The van der Waals surface area contributed by atoms with Crippen LogP contribution in [0.3, 0.4) is 0 Å². The van der Waals surface area contributed by atoms with Gasteiger partial charge in [0.25, 0.3) is 0 Å². The van der Waals surface area contributed by atoms with Crippen molar-refractivity contribution in [1.29, 1.82) is 0 Å². The molecule has 2 heteroatoms. The summed E-state index contributed by atoms with van der Waals surface area (Å²) in [5, 5.41) is 2.60. The maximum absolute atomic E-state index is 2.42. The molecule has 0 N–H and O–H groups in total. The number of nitrogens with zero attached hydrogens (tertiary/aromatic N) is 2. The third-order valence-electron chi connectivity index (χ3n) is 7.36. The number of hydrogen-bond acceptors (Lipinski definition) is 1. The van der Waals surface area contributed by atoms with Gasteiger partial charge in [-0.05, 0) is 76.7 Å². The zero-order chi connectivity index (χ0) is 23.4. The minimum Gasteiger partial charge on any atom is -0.370 e. The molecule has 0 saturated carbocycles. The molecule has 0 saturated heterocycles. The summed E-state index contributed by atoms with van der Waals surface area (Å²) in [7, 11) is 2.18. The Morgan fingerprint density at radius 3 is 2.26 bits per heavy atom. The topological polar surface area (TPSA) is 8.17 Å². The summed E-state index contributed by atoms with van der Waals surface area (Å²) in [5.74, 6) is 0. The maximum atomic E-state index is 2.42. The van der Waals surface area contributed by atoms with Crippen LogP contribution < -0.4 is 4.90 Å². The number of para-hydroxylation sites is 1. The first-order valence-corrected chi connectivity index (χ1v) is 12.3. The van der Waals surface area contributed by atoms with Crippen molar-refractivity contribution < 1.29 is 0 Å². The Labute approximate surface area is 205 Å². The standard InChI is InChI=1S/C33H26N2/c1-34-22-24-15-18-33-31(20-24)30-11-4-5-12-32(30)35(33)28-9-6-8-26(21-28)29-10-3-2-7-25(29)19-23-13-16-27(34)17-14-23/h2-18,20-21H,19,22H2,1H3. The van der Waals surface area contributed by atoms with E-state index in [1.165, 1.54) is 61.0 Å². The Balaban J connectivity index is 1.55. The van der Waals surface area contributed by atoms with E-state index >= 15 is 0 Å². The summed E-state index contributed by atoms with van der Waals surface area (Å²) in [6.07, 6.45) is 0.916. The Morgan fingerprint density at radius 2 is 1.34 bits per heavy atom. The van der Waals surface area contributed by atoms with Crippen LogP contribution >= 0.6 is 0 Å². The van der Waals surface area contributed by atoms with E-state index < -0.39 is 0 Å². The summed E-state index contributed by atoms with van der Waals surface area (Å²) in [5.41, 5.74) is 11.5. The van der Waals surface area contributed by atoms with E-state index in [9.17, 15) is 0 Å². The molecule has 9 rings (SSSR count). The lowest BCUT2D eigenvalue weighted by atomic mass is 9.94. The zero-order valence-electron chi connectivity index (χ0n) is 19.8. The van der Waals surface area contributed by atoms with Gasteiger partial charge < -0.3 is 9.47 Å². The Bertz CT molecular complexity index is 1710. The summed E-state index contributed by atoms with van der Waals surface area (Å²) in [6.45, 7) is 0.868. The van der Waals surface area contributed by atoms with Crippen molar-refractivity contribution in [2.24, 2.45) is 0 Å². The summed E-state index contributed by atoms with van der Waals surface area (Å²) >= 11 is 0. The van der Waals surface area contributed by atoms with Gasteiger partial charge in [-0.25, -0.2) is 0 Å². The van der Waals surface area contributed by atoms with Crippen molar-refractivity contribution in [3.05, 3.63) is 132 Å². The first-order chi connectivity index (χ1) is 17.2. The second-order valence-corrected chi connectivity index (χ2v) is 9.61. The van der Waals surface area contributed by atoms with E-state index in [1.54, 1.807) is 0 Å². The number of rotatable bonds is 0. The van der Waals surface area contributed by atoms with Gasteiger partial charge in [0, 0.05) is 35.7 Å². The van der Waals surface area contributed by atoms with Crippen molar-refractivity contribution in [3.63, 3.8) is 0 Å². The SMILES string of the molecule is CN1Cc2ccc3c(c2)c2ccccc2n3-c2cccc(c2)-c2ccccc2Cc2ccc1cc2. The number of fused-ring (bicyclic) bond motifs is 2. The highest BCUT2D eigenvalue weighted by molar-refractivity contribution is 6.09. The quantitative estimate of drug-likeness (QED) is 0.228. The van der Waals surface area contributed by atoms with Crippen LogP contribution in [0.2, 0.25) is 0 Å². The fraction of sp³-hybridized carbons (Fsp3) is 0.0909. The fourth-order valence-electron chi connectivity index (χ4n) is 5.62. The molecule has 168 valence electrons. The lowest BCUT2D eigenvalue weighted by Crippen LogP contribution is -2.16. The monoisotopic (exact) mass is 450 g/mol. The van der Waals surface area contributed by atoms with Crippen LogP contribution in [0.4, 0.5) is 5.69 Å². The summed E-state index contributed by atoms with van der Waals surface area (Å²) in [4.78, 5) is 2.33. The van der Waals surface area contributed by atoms with Gasteiger partial charge in [0.15, 0.2) is 0 Å². The second-order valence-electron chi connectivity index (χ2n) is 9.61. The molecule has 0 atom stereocenters. The third kappa shape index (κ3) is 3.33. The van der Waals surface area contributed by atoms with Gasteiger partial charge in [-0.15, -0.1) is 0 Å². The minimum atomic E-state index is 0.868. The average Bonchev–Trinajstić information content (AvgIpc) is 3.23. The smallest absolute Gasteiger partial charge is 0.0541 e. The normalized spacial score (nSPS) is 13.0. The van der Waals surface area contributed by atoms with E-state index in [4.69, 9.17) is 0 Å². The van der Waals surface area contributed by atoms with Crippen molar-refractivity contribution in [3.8, 4) is 16.8 Å².